The lowest BCUT2D eigenvalue weighted by Crippen LogP contribution is -2.43. The molecule has 1 aliphatic rings. The molecule has 51 heavy (non-hydrogen) atoms. The van der Waals surface area contributed by atoms with Crippen molar-refractivity contribution >= 4 is 17.7 Å². The molecule has 5 rings (SSSR count). The van der Waals surface area contributed by atoms with E-state index < -0.39 is 22.8 Å². The Morgan fingerprint density at radius 2 is 1.76 bits per heavy atom. The third kappa shape index (κ3) is 9.97. The van der Waals surface area contributed by atoms with Crippen LogP contribution in [0.25, 0.3) is 0 Å². The molecule has 270 valence electrons. The maximum absolute atomic E-state index is 13.4. The second-order valence-electron chi connectivity index (χ2n) is 12.4. The number of benzene rings is 2. The highest BCUT2D eigenvalue weighted by molar-refractivity contribution is 7.98. The summed E-state index contributed by atoms with van der Waals surface area (Å²) in [6.45, 7) is 6.63. The molecule has 0 fully saturated rings. The van der Waals surface area contributed by atoms with E-state index in [2.05, 4.69) is 39.5 Å². The summed E-state index contributed by atoms with van der Waals surface area (Å²) >= 11 is 1.27. The Kier molecular flexibility index (Phi) is 12.2. The lowest BCUT2D eigenvalue weighted by atomic mass is 9.83. The van der Waals surface area contributed by atoms with E-state index in [9.17, 15) is 27.2 Å². The molecule has 0 spiro atoms. The number of alkyl halides is 3. The molecule has 2 aromatic carbocycles. The molecule has 1 amide bonds. The van der Waals surface area contributed by atoms with Crippen molar-refractivity contribution in [2.75, 3.05) is 26.2 Å². The number of dihydropyridines is 1. The first-order valence-corrected chi connectivity index (χ1v) is 17.6. The molecular formula is C37H41F4N7O2S. The van der Waals surface area contributed by atoms with Crippen molar-refractivity contribution in [2.45, 2.75) is 55.9 Å². The van der Waals surface area contributed by atoms with Crippen LogP contribution in [0, 0.1) is 5.82 Å². The summed E-state index contributed by atoms with van der Waals surface area (Å²) in [5.41, 5.74) is 1.70. The number of halogens is 4. The van der Waals surface area contributed by atoms with Crippen molar-refractivity contribution in [3.05, 3.63) is 135 Å². The molecule has 4 aromatic rings. The summed E-state index contributed by atoms with van der Waals surface area (Å²) in [6, 6.07) is 11.3. The summed E-state index contributed by atoms with van der Waals surface area (Å²) in [7, 11) is 1.78. The third-order valence-corrected chi connectivity index (χ3v) is 9.87. The molecule has 0 bridgehead atoms. The van der Waals surface area contributed by atoms with Gasteiger partial charge in [-0.05, 0) is 66.0 Å². The second kappa shape index (κ2) is 16.6. The molecule has 0 saturated carbocycles. The van der Waals surface area contributed by atoms with E-state index in [0.29, 0.717) is 34.9 Å². The molecule has 0 radical (unpaired) electrons. The molecule has 1 unspecified atom stereocenters. The number of aryl methyl sites for hydroxylation is 1. The van der Waals surface area contributed by atoms with Gasteiger partial charge in [0.05, 0.1) is 17.3 Å². The van der Waals surface area contributed by atoms with Gasteiger partial charge in [0.25, 0.3) is 5.56 Å². The maximum Gasteiger partial charge on any atom is 0.416 e. The van der Waals surface area contributed by atoms with Gasteiger partial charge in [0.2, 0.25) is 5.91 Å². The Labute approximate surface area is 298 Å². The molecule has 1 atom stereocenters. The van der Waals surface area contributed by atoms with Gasteiger partial charge in [-0.3, -0.25) is 14.3 Å². The van der Waals surface area contributed by atoms with Crippen LogP contribution in [0.3, 0.4) is 0 Å². The SMILES string of the molecule is CCN(CC)CCC1(c2ccc(C(F)(F)F)cc2)C=CC(CNC(=O)Cn2cc(Cc3cnn(C)c3)c(=O)nc2SCc2ccc(F)cc2)=CN1. The van der Waals surface area contributed by atoms with E-state index in [0.717, 1.165) is 48.5 Å². The quantitative estimate of drug-likeness (QED) is 0.0909. The molecule has 9 nitrogen and oxygen atoms in total. The van der Waals surface area contributed by atoms with Crippen LogP contribution in [0.15, 0.2) is 101 Å². The van der Waals surface area contributed by atoms with Crippen LogP contribution in [-0.4, -0.2) is 56.3 Å². The highest BCUT2D eigenvalue weighted by atomic mass is 32.2. The van der Waals surface area contributed by atoms with Crippen LogP contribution in [0.5, 0.6) is 0 Å². The van der Waals surface area contributed by atoms with E-state index in [4.69, 9.17) is 0 Å². The Bertz CT molecular complexity index is 1920. The molecule has 2 aromatic heterocycles. The third-order valence-electron chi connectivity index (χ3n) is 8.81. The highest BCUT2D eigenvalue weighted by Gasteiger charge is 2.34. The summed E-state index contributed by atoms with van der Waals surface area (Å²) in [5.74, 6) is -0.251. The normalized spacial score (nSPS) is 15.9. The number of carbonyl (C=O) groups excluding carboxylic acids is 1. The minimum absolute atomic E-state index is 0.108. The smallest absolute Gasteiger partial charge is 0.378 e. The zero-order valence-corrected chi connectivity index (χ0v) is 29.5. The first-order chi connectivity index (χ1) is 24.4. The van der Waals surface area contributed by atoms with Crippen LogP contribution < -0.4 is 16.2 Å². The molecule has 3 heterocycles. The van der Waals surface area contributed by atoms with Crippen molar-refractivity contribution < 1.29 is 22.4 Å². The van der Waals surface area contributed by atoms with Gasteiger partial charge in [0.1, 0.15) is 12.4 Å². The number of hydrogen-bond acceptors (Lipinski definition) is 7. The first-order valence-electron chi connectivity index (χ1n) is 16.7. The van der Waals surface area contributed by atoms with Gasteiger partial charge >= 0.3 is 6.18 Å². The van der Waals surface area contributed by atoms with Gasteiger partial charge in [-0.2, -0.15) is 23.3 Å². The molecule has 1 aliphatic heterocycles. The standard InChI is InChI=1S/C37H41F4N7O2S/c1-4-47(5-2)17-16-36(30-8-10-31(11-9-30)37(39,40)41)15-14-27(20-43-36)19-42-33(49)24-48-23-29(18-28-21-44-46(3)22-28)34(50)45-35(48)51-25-26-6-12-32(38)13-7-26/h6-15,20-23,43H,4-5,16-19,24-25H2,1-3H3,(H,42,49). The topological polar surface area (TPSA) is 97.1 Å². The molecular weight excluding hydrogens is 683 g/mol. The van der Waals surface area contributed by atoms with E-state index in [1.165, 1.54) is 36.0 Å². The van der Waals surface area contributed by atoms with Crippen LogP contribution in [0.2, 0.25) is 0 Å². The average molecular weight is 724 g/mol. The van der Waals surface area contributed by atoms with Crippen molar-refractivity contribution in [3.8, 4) is 0 Å². The second-order valence-corrected chi connectivity index (χ2v) is 13.3. The van der Waals surface area contributed by atoms with Crippen molar-refractivity contribution in [1.82, 2.24) is 34.9 Å². The van der Waals surface area contributed by atoms with Gasteiger partial charge in [-0.15, -0.1) is 0 Å². The lowest BCUT2D eigenvalue weighted by Gasteiger charge is -2.36. The zero-order valence-electron chi connectivity index (χ0n) is 28.7. The minimum Gasteiger partial charge on any atom is -0.378 e. The molecule has 0 saturated heterocycles. The number of aromatic nitrogens is 4. The van der Waals surface area contributed by atoms with Crippen molar-refractivity contribution in [2.24, 2.45) is 7.05 Å². The Morgan fingerprint density at radius 1 is 1.04 bits per heavy atom. The number of thioether (sulfide) groups is 1. The summed E-state index contributed by atoms with van der Waals surface area (Å²) < 4.78 is 56.6. The van der Waals surface area contributed by atoms with Gasteiger partial charge in [-0.25, -0.2) is 4.39 Å². The molecule has 14 heteroatoms. The van der Waals surface area contributed by atoms with E-state index in [1.54, 1.807) is 47.0 Å². The maximum atomic E-state index is 13.4. The largest absolute Gasteiger partial charge is 0.416 e. The number of amides is 1. The summed E-state index contributed by atoms with van der Waals surface area (Å²) in [4.78, 5) is 32.9. The van der Waals surface area contributed by atoms with E-state index in [-0.39, 0.29) is 24.8 Å². The number of rotatable bonds is 15. The predicted molar refractivity (Wildman–Crippen MR) is 189 cm³/mol. The fourth-order valence-corrected chi connectivity index (χ4v) is 6.70. The minimum atomic E-state index is -4.43. The number of nitrogens with zero attached hydrogens (tertiary/aromatic N) is 5. The van der Waals surface area contributed by atoms with Gasteiger partial charge in [-0.1, -0.05) is 62.0 Å². The van der Waals surface area contributed by atoms with Crippen molar-refractivity contribution in [3.63, 3.8) is 0 Å². The van der Waals surface area contributed by atoms with Crippen LogP contribution in [0.4, 0.5) is 17.6 Å². The fraction of sp³-hybridized carbons (Fsp3) is 0.351. The average Bonchev–Trinajstić information content (AvgIpc) is 3.53. The van der Waals surface area contributed by atoms with Crippen molar-refractivity contribution in [1.29, 1.82) is 0 Å². The predicted octanol–water partition coefficient (Wildman–Crippen LogP) is 5.80. The zero-order chi connectivity index (χ0) is 36.6. The van der Waals surface area contributed by atoms with Crippen LogP contribution in [-0.2, 0) is 42.3 Å². The van der Waals surface area contributed by atoms with Crippen LogP contribution >= 0.6 is 11.8 Å². The molecule has 0 aliphatic carbocycles. The lowest BCUT2D eigenvalue weighted by molar-refractivity contribution is -0.137. The van der Waals surface area contributed by atoms with E-state index >= 15 is 0 Å². The summed E-state index contributed by atoms with van der Waals surface area (Å²) in [6.07, 6.45) is 7.22. The molecule has 2 N–H and O–H groups in total. The monoisotopic (exact) mass is 723 g/mol. The van der Waals surface area contributed by atoms with E-state index in [1.807, 2.05) is 18.3 Å². The highest BCUT2D eigenvalue weighted by Crippen LogP contribution is 2.34. The Balaban J connectivity index is 1.29. The van der Waals surface area contributed by atoms with Gasteiger partial charge in [0.15, 0.2) is 5.16 Å². The number of hydrogen-bond donors (Lipinski definition) is 2. The van der Waals surface area contributed by atoms with Gasteiger partial charge < -0.3 is 20.1 Å². The first kappa shape index (κ1) is 37.6. The fourth-order valence-electron chi connectivity index (χ4n) is 5.78. The summed E-state index contributed by atoms with van der Waals surface area (Å²) in [5, 5.41) is 10.9. The van der Waals surface area contributed by atoms with Crippen LogP contribution in [0.1, 0.15) is 48.1 Å². The Hall–Kier alpha value is -4.69. The number of nitrogens with one attached hydrogen (secondary N) is 2. The van der Waals surface area contributed by atoms with Gasteiger partial charge in [0, 0.05) is 56.5 Å². The number of carbonyl (C=O) groups is 1. The Morgan fingerprint density at radius 3 is 2.37 bits per heavy atom.